The SMILES string of the molecule is C.C.C.Cc1ccc(-c2ccc(NC(=O)c3ccc(/C=C/c4ccc(C(=O)Nc5ccc(-c6ccc(-n7c(=O)c8cc9c(=O)n(C)c(=O)c9cc8c7=O)c(C)c6)cc5C)cc4)cc3)c(C)c2)cc1C. The van der Waals surface area contributed by atoms with E-state index in [4.69, 9.17) is 0 Å². The number of hydrogen-bond acceptors (Lipinski definition) is 6. The second-order valence-corrected chi connectivity index (χ2v) is 16.9. The lowest BCUT2D eigenvalue weighted by atomic mass is 9.98. The molecule has 0 saturated carbocycles. The molecule has 0 spiro atoms. The average Bonchev–Trinajstić information content (AvgIpc) is 3.68. The number of carbonyl (C=O) groups excluding carboxylic acids is 2. The number of rotatable bonds is 9. The minimum Gasteiger partial charge on any atom is -0.322 e. The molecule has 2 N–H and O–H groups in total. The quantitative estimate of drug-likeness (QED) is 0.138. The van der Waals surface area contributed by atoms with E-state index >= 15 is 0 Å². The zero-order chi connectivity index (χ0) is 46.6. The molecular formula is C59H56N4O6. The number of nitrogens with zero attached hydrogens (tertiary/aromatic N) is 2. The molecule has 9 rings (SSSR count). The standard InChI is InChI=1S/C56H44N4O6.3CH4/c1-31-7-14-40(25-32(31)2)41-19-22-48(33(3)26-41)57-51(61)38-15-10-36(11-16-38)8-9-37-12-17-39(18-13-37)52(62)58-49-23-20-42(27-34(49)4)43-21-24-50(35(5)28-43)60-55(65)46-29-44-45(30-47(46)56(60)66)54(64)59(6)53(44)63;;;/h7-30H,1-6H3,(H,57,61)(H,58,62);3*1H4/b9-8+;;;. The van der Waals surface area contributed by atoms with Crippen molar-refractivity contribution >= 4 is 56.9 Å². The summed E-state index contributed by atoms with van der Waals surface area (Å²) < 4.78 is 2.06. The van der Waals surface area contributed by atoms with E-state index < -0.39 is 22.2 Å². The van der Waals surface area contributed by atoms with Crippen LogP contribution in [0.3, 0.4) is 0 Å². The number of aryl methyl sites for hydroxylation is 5. The number of anilines is 2. The second kappa shape index (κ2) is 19.8. The number of nitrogens with one attached hydrogen (secondary N) is 2. The van der Waals surface area contributed by atoms with Crippen LogP contribution in [0.5, 0.6) is 0 Å². The maximum absolute atomic E-state index is 13.5. The molecule has 348 valence electrons. The Bertz CT molecular complexity index is 3640. The Morgan fingerprint density at radius 1 is 0.406 bits per heavy atom. The molecule has 0 aliphatic carbocycles. The molecule has 0 fully saturated rings. The molecule has 2 amide bonds. The Labute approximate surface area is 401 Å². The third-order valence-corrected chi connectivity index (χ3v) is 12.5. The van der Waals surface area contributed by atoms with Gasteiger partial charge in [-0.25, -0.2) is 4.57 Å². The van der Waals surface area contributed by atoms with Crippen molar-refractivity contribution in [2.24, 2.45) is 7.05 Å². The van der Waals surface area contributed by atoms with Gasteiger partial charge >= 0.3 is 0 Å². The Balaban J connectivity index is 0.00000261. The van der Waals surface area contributed by atoms with Gasteiger partial charge in [-0.2, -0.15) is 0 Å². The van der Waals surface area contributed by atoms with Gasteiger partial charge in [0.25, 0.3) is 34.1 Å². The highest BCUT2D eigenvalue weighted by atomic mass is 16.2. The second-order valence-electron chi connectivity index (χ2n) is 16.9. The topological polar surface area (TPSA) is 136 Å². The van der Waals surface area contributed by atoms with Crippen LogP contribution < -0.4 is 32.9 Å². The molecule has 0 aliphatic heterocycles. The van der Waals surface area contributed by atoms with Gasteiger partial charge in [0.15, 0.2) is 0 Å². The molecule has 9 aromatic rings. The van der Waals surface area contributed by atoms with E-state index in [0.29, 0.717) is 28.1 Å². The van der Waals surface area contributed by atoms with Gasteiger partial charge in [0.05, 0.1) is 27.2 Å². The van der Waals surface area contributed by atoms with Gasteiger partial charge < -0.3 is 10.6 Å². The van der Waals surface area contributed by atoms with Crippen molar-refractivity contribution in [2.45, 2.75) is 56.9 Å². The third kappa shape index (κ3) is 9.42. The zero-order valence-electron chi connectivity index (χ0n) is 37.2. The summed E-state index contributed by atoms with van der Waals surface area (Å²) in [5, 5.41) is 6.45. The van der Waals surface area contributed by atoms with Crippen LogP contribution in [0.15, 0.2) is 153 Å². The van der Waals surface area contributed by atoms with Crippen molar-refractivity contribution in [3.63, 3.8) is 0 Å². The first-order chi connectivity index (χ1) is 31.6. The summed E-state index contributed by atoms with van der Waals surface area (Å²) in [6.07, 6.45) is 3.90. The summed E-state index contributed by atoms with van der Waals surface area (Å²) in [5.41, 5.74) is 11.5. The Hall–Kier alpha value is -8.50. The van der Waals surface area contributed by atoms with Gasteiger partial charge in [-0.05, 0) is 169 Å². The highest BCUT2D eigenvalue weighted by Crippen LogP contribution is 2.30. The number of amides is 2. The van der Waals surface area contributed by atoms with Crippen molar-refractivity contribution in [3.8, 4) is 27.9 Å². The fourth-order valence-electron chi connectivity index (χ4n) is 8.36. The van der Waals surface area contributed by atoms with Crippen molar-refractivity contribution in [2.75, 3.05) is 10.6 Å². The maximum atomic E-state index is 13.5. The summed E-state index contributed by atoms with van der Waals surface area (Å²) in [4.78, 5) is 78.6. The summed E-state index contributed by atoms with van der Waals surface area (Å²) in [7, 11) is 1.37. The molecule has 10 nitrogen and oxygen atoms in total. The molecule has 0 atom stereocenters. The van der Waals surface area contributed by atoms with Crippen LogP contribution in [0.1, 0.15) is 81.9 Å². The van der Waals surface area contributed by atoms with Crippen LogP contribution in [-0.4, -0.2) is 20.9 Å². The van der Waals surface area contributed by atoms with Crippen molar-refractivity contribution < 1.29 is 9.59 Å². The van der Waals surface area contributed by atoms with E-state index in [1.54, 1.807) is 30.3 Å². The van der Waals surface area contributed by atoms with Gasteiger partial charge in [0.1, 0.15) is 0 Å². The Kier molecular flexibility index (Phi) is 14.3. The summed E-state index contributed by atoms with van der Waals surface area (Å²) >= 11 is 0. The van der Waals surface area contributed by atoms with Crippen LogP contribution in [0.2, 0.25) is 0 Å². The van der Waals surface area contributed by atoms with E-state index in [1.807, 2.05) is 99.7 Å². The minimum atomic E-state index is -0.557. The number of benzene rings is 7. The third-order valence-electron chi connectivity index (χ3n) is 12.5. The number of fused-ring (bicyclic) bond motifs is 2. The predicted octanol–water partition coefficient (Wildman–Crippen LogP) is 11.9. The number of hydrogen-bond donors (Lipinski definition) is 2. The lowest BCUT2D eigenvalue weighted by Crippen LogP contribution is -2.24. The van der Waals surface area contributed by atoms with Crippen LogP contribution in [-0.2, 0) is 7.05 Å². The molecule has 10 heteroatoms. The molecule has 7 aromatic carbocycles. The predicted molar refractivity (Wildman–Crippen MR) is 286 cm³/mol. The van der Waals surface area contributed by atoms with E-state index in [-0.39, 0.29) is 55.6 Å². The van der Waals surface area contributed by atoms with Crippen LogP contribution in [0.4, 0.5) is 11.4 Å². The van der Waals surface area contributed by atoms with Crippen molar-refractivity contribution in [1.82, 2.24) is 9.13 Å². The van der Waals surface area contributed by atoms with Crippen molar-refractivity contribution in [3.05, 3.63) is 225 Å². The normalized spacial score (nSPS) is 11.0. The first kappa shape index (κ1) is 49.9. The van der Waals surface area contributed by atoms with E-state index in [0.717, 1.165) is 59.3 Å². The Morgan fingerprint density at radius 2 is 0.768 bits per heavy atom. The highest BCUT2D eigenvalue weighted by Gasteiger charge is 2.21. The molecule has 2 aromatic heterocycles. The first-order valence-electron chi connectivity index (χ1n) is 21.5. The van der Waals surface area contributed by atoms with Gasteiger partial charge in [-0.1, -0.05) is 95.1 Å². The molecule has 0 saturated heterocycles. The van der Waals surface area contributed by atoms with Crippen LogP contribution in [0.25, 0.3) is 61.6 Å². The molecular weight excluding hydrogens is 861 g/mol. The Morgan fingerprint density at radius 3 is 1.16 bits per heavy atom. The van der Waals surface area contributed by atoms with E-state index in [2.05, 4.69) is 48.7 Å². The van der Waals surface area contributed by atoms with Gasteiger partial charge in [0, 0.05) is 29.5 Å². The van der Waals surface area contributed by atoms with Gasteiger partial charge in [-0.15, -0.1) is 0 Å². The van der Waals surface area contributed by atoms with Gasteiger partial charge in [-0.3, -0.25) is 33.3 Å². The van der Waals surface area contributed by atoms with E-state index in [9.17, 15) is 28.8 Å². The highest BCUT2D eigenvalue weighted by molar-refractivity contribution is 6.06. The average molecular weight is 917 g/mol. The smallest absolute Gasteiger partial charge is 0.266 e. The lowest BCUT2D eigenvalue weighted by molar-refractivity contribution is 0.101. The summed E-state index contributed by atoms with van der Waals surface area (Å²) in [6.45, 7) is 9.92. The molecule has 0 unspecified atom stereocenters. The molecule has 0 radical (unpaired) electrons. The number of carbonyl (C=O) groups is 2. The largest absolute Gasteiger partial charge is 0.322 e. The molecule has 0 aliphatic rings. The fraction of sp³-hybridized carbons (Fsp3) is 0.153. The molecule has 2 heterocycles. The molecule has 0 bridgehead atoms. The summed E-state index contributed by atoms with van der Waals surface area (Å²) in [5.74, 6) is -0.438. The van der Waals surface area contributed by atoms with Crippen LogP contribution >= 0.6 is 0 Å². The number of aromatic nitrogens is 2. The fourth-order valence-corrected chi connectivity index (χ4v) is 8.36. The molecule has 69 heavy (non-hydrogen) atoms. The zero-order valence-corrected chi connectivity index (χ0v) is 37.2. The minimum absolute atomic E-state index is 0. The summed E-state index contributed by atoms with van der Waals surface area (Å²) in [6, 6.07) is 41.0. The first-order valence-corrected chi connectivity index (χ1v) is 21.5. The van der Waals surface area contributed by atoms with E-state index in [1.165, 1.54) is 30.3 Å². The lowest BCUT2D eigenvalue weighted by Gasteiger charge is -2.12. The maximum Gasteiger partial charge on any atom is 0.266 e. The van der Waals surface area contributed by atoms with Gasteiger partial charge in [0.2, 0.25) is 0 Å². The van der Waals surface area contributed by atoms with Crippen molar-refractivity contribution in [1.29, 1.82) is 0 Å². The van der Waals surface area contributed by atoms with Crippen LogP contribution in [0, 0.1) is 34.6 Å². The monoisotopic (exact) mass is 916 g/mol.